The zero-order chi connectivity index (χ0) is 13.9. The first-order valence-corrected chi connectivity index (χ1v) is 6.84. The summed E-state index contributed by atoms with van der Waals surface area (Å²) in [4.78, 5) is 0. The van der Waals surface area contributed by atoms with Gasteiger partial charge in [0, 0.05) is 20.3 Å². The van der Waals surface area contributed by atoms with Crippen LogP contribution in [0.2, 0.25) is 0 Å². The fraction of sp³-hybridized carbons (Fsp3) is 1.00. The van der Waals surface area contributed by atoms with Crippen LogP contribution < -0.4 is 0 Å². The van der Waals surface area contributed by atoms with E-state index < -0.39 is 0 Å². The summed E-state index contributed by atoms with van der Waals surface area (Å²) in [6.45, 7) is 11.7. The molecule has 0 aromatic rings. The number of hydrogen-bond donors (Lipinski definition) is 0. The first-order valence-electron chi connectivity index (χ1n) is 6.84. The second kappa shape index (κ2) is 10.7. The summed E-state index contributed by atoms with van der Waals surface area (Å²) in [5.41, 5.74) is -0.160. The van der Waals surface area contributed by atoms with Crippen LogP contribution in [0.5, 0.6) is 0 Å². The molecule has 0 amide bonds. The molecule has 0 N–H and O–H groups in total. The molecule has 0 aromatic carbocycles. The summed E-state index contributed by atoms with van der Waals surface area (Å²) in [5, 5.41) is 0. The maximum atomic E-state index is 5.86. The van der Waals surface area contributed by atoms with Crippen molar-refractivity contribution in [1.29, 1.82) is 0 Å². The molecule has 0 aliphatic rings. The SMILES string of the molecule is CCCOCCC(C)(C)OCC(C)OCCOC. The van der Waals surface area contributed by atoms with Gasteiger partial charge < -0.3 is 18.9 Å². The lowest BCUT2D eigenvalue weighted by Crippen LogP contribution is -2.31. The van der Waals surface area contributed by atoms with Crippen molar-refractivity contribution in [2.24, 2.45) is 0 Å². The fourth-order valence-electron chi connectivity index (χ4n) is 1.36. The highest BCUT2D eigenvalue weighted by atomic mass is 16.6. The molecule has 4 heteroatoms. The summed E-state index contributed by atoms with van der Waals surface area (Å²) in [6, 6.07) is 0. The van der Waals surface area contributed by atoms with Gasteiger partial charge in [0.1, 0.15) is 0 Å². The van der Waals surface area contributed by atoms with Gasteiger partial charge in [-0.1, -0.05) is 6.92 Å². The number of hydrogen-bond acceptors (Lipinski definition) is 4. The van der Waals surface area contributed by atoms with E-state index in [1.807, 2.05) is 6.92 Å². The summed E-state index contributed by atoms with van der Waals surface area (Å²) in [7, 11) is 1.67. The van der Waals surface area contributed by atoms with Gasteiger partial charge in [0.2, 0.25) is 0 Å². The van der Waals surface area contributed by atoms with Crippen molar-refractivity contribution >= 4 is 0 Å². The van der Waals surface area contributed by atoms with Crippen molar-refractivity contribution in [2.45, 2.75) is 52.2 Å². The molecule has 0 radical (unpaired) electrons. The Kier molecular flexibility index (Phi) is 10.6. The van der Waals surface area contributed by atoms with Crippen molar-refractivity contribution in [3.63, 3.8) is 0 Å². The van der Waals surface area contributed by atoms with Crippen LogP contribution in [0, 0.1) is 0 Å². The third-order valence-electron chi connectivity index (χ3n) is 2.60. The Labute approximate surface area is 112 Å². The number of methoxy groups -OCH3 is 1. The van der Waals surface area contributed by atoms with Gasteiger partial charge in [0.05, 0.1) is 31.5 Å². The van der Waals surface area contributed by atoms with Crippen molar-refractivity contribution < 1.29 is 18.9 Å². The van der Waals surface area contributed by atoms with E-state index in [1.165, 1.54) is 0 Å². The summed E-state index contributed by atoms with van der Waals surface area (Å²) >= 11 is 0. The van der Waals surface area contributed by atoms with Crippen LogP contribution in [-0.2, 0) is 18.9 Å². The molecule has 0 rings (SSSR count). The molecule has 0 aliphatic heterocycles. The molecule has 110 valence electrons. The molecule has 1 unspecified atom stereocenters. The maximum Gasteiger partial charge on any atom is 0.0781 e. The lowest BCUT2D eigenvalue weighted by molar-refractivity contribution is -0.0903. The van der Waals surface area contributed by atoms with Crippen molar-refractivity contribution in [3.8, 4) is 0 Å². The molecule has 0 aromatic heterocycles. The van der Waals surface area contributed by atoms with Gasteiger partial charge in [0.15, 0.2) is 0 Å². The van der Waals surface area contributed by atoms with Gasteiger partial charge in [-0.3, -0.25) is 0 Å². The van der Waals surface area contributed by atoms with Crippen LogP contribution in [0.25, 0.3) is 0 Å². The monoisotopic (exact) mass is 262 g/mol. The highest BCUT2D eigenvalue weighted by Crippen LogP contribution is 2.15. The lowest BCUT2D eigenvalue weighted by Gasteiger charge is -2.27. The minimum absolute atomic E-state index is 0.0935. The van der Waals surface area contributed by atoms with Gasteiger partial charge in [-0.05, 0) is 33.6 Å². The first-order chi connectivity index (χ1) is 8.52. The largest absolute Gasteiger partial charge is 0.382 e. The van der Waals surface area contributed by atoms with Crippen LogP contribution in [0.3, 0.4) is 0 Å². The molecule has 4 nitrogen and oxygen atoms in total. The van der Waals surface area contributed by atoms with E-state index in [9.17, 15) is 0 Å². The maximum absolute atomic E-state index is 5.86. The van der Waals surface area contributed by atoms with E-state index in [2.05, 4.69) is 20.8 Å². The molecule has 0 heterocycles. The second-order valence-electron chi connectivity index (χ2n) is 5.11. The summed E-state index contributed by atoms with van der Waals surface area (Å²) in [5.74, 6) is 0. The van der Waals surface area contributed by atoms with Crippen molar-refractivity contribution in [1.82, 2.24) is 0 Å². The Balaban J connectivity index is 3.60. The van der Waals surface area contributed by atoms with Crippen LogP contribution in [0.4, 0.5) is 0 Å². The molecule has 0 saturated heterocycles. The number of ether oxygens (including phenoxy) is 4. The van der Waals surface area contributed by atoms with E-state index >= 15 is 0 Å². The molecule has 0 aliphatic carbocycles. The Bertz CT molecular complexity index is 183. The normalized spacial score (nSPS) is 13.8. The third-order valence-corrected chi connectivity index (χ3v) is 2.60. The molecule has 0 spiro atoms. The van der Waals surface area contributed by atoms with Gasteiger partial charge in [-0.25, -0.2) is 0 Å². The molecular weight excluding hydrogens is 232 g/mol. The van der Waals surface area contributed by atoms with Gasteiger partial charge in [0.25, 0.3) is 0 Å². The number of rotatable bonds is 12. The zero-order valence-electron chi connectivity index (χ0n) is 12.7. The van der Waals surface area contributed by atoms with Gasteiger partial charge >= 0.3 is 0 Å². The van der Waals surface area contributed by atoms with E-state index in [0.29, 0.717) is 19.8 Å². The average Bonchev–Trinajstić information content (AvgIpc) is 2.33. The van der Waals surface area contributed by atoms with Crippen LogP contribution >= 0.6 is 0 Å². The molecular formula is C14H30O4. The average molecular weight is 262 g/mol. The molecule has 0 saturated carbocycles. The zero-order valence-corrected chi connectivity index (χ0v) is 12.7. The van der Waals surface area contributed by atoms with Crippen LogP contribution in [0.15, 0.2) is 0 Å². The predicted octanol–water partition coefficient (Wildman–Crippen LogP) is 2.65. The van der Waals surface area contributed by atoms with Crippen molar-refractivity contribution in [2.75, 3.05) is 40.1 Å². The van der Waals surface area contributed by atoms with E-state index in [1.54, 1.807) is 7.11 Å². The first kappa shape index (κ1) is 17.8. The molecule has 1 atom stereocenters. The predicted molar refractivity (Wildman–Crippen MR) is 73.0 cm³/mol. The second-order valence-corrected chi connectivity index (χ2v) is 5.11. The minimum Gasteiger partial charge on any atom is -0.382 e. The standard InChI is InChI=1S/C14H30O4/c1-6-8-16-9-7-14(3,4)18-12-13(2)17-11-10-15-5/h13H,6-12H2,1-5H3. The summed E-state index contributed by atoms with van der Waals surface area (Å²) in [6.07, 6.45) is 2.06. The third kappa shape index (κ3) is 11.0. The highest BCUT2D eigenvalue weighted by Gasteiger charge is 2.19. The lowest BCUT2D eigenvalue weighted by atomic mass is 10.1. The highest BCUT2D eigenvalue weighted by molar-refractivity contribution is 4.69. The van der Waals surface area contributed by atoms with Gasteiger partial charge in [-0.15, -0.1) is 0 Å². The van der Waals surface area contributed by atoms with E-state index in [4.69, 9.17) is 18.9 Å². The van der Waals surface area contributed by atoms with Crippen LogP contribution in [0.1, 0.15) is 40.5 Å². The quantitative estimate of drug-likeness (QED) is 0.507. The van der Waals surface area contributed by atoms with Crippen LogP contribution in [-0.4, -0.2) is 51.8 Å². The minimum atomic E-state index is -0.160. The molecule has 0 bridgehead atoms. The Morgan fingerprint density at radius 1 is 1.06 bits per heavy atom. The Morgan fingerprint density at radius 3 is 2.39 bits per heavy atom. The fourth-order valence-corrected chi connectivity index (χ4v) is 1.36. The van der Waals surface area contributed by atoms with Crippen molar-refractivity contribution in [3.05, 3.63) is 0 Å². The summed E-state index contributed by atoms with van der Waals surface area (Å²) < 4.78 is 21.8. The van der Waals surface area contributed by atoms with E-state index in [-0.39, 0.29) is 11.7 Å². The topological polar surface area (TPSA) is 36.9 Å². The molecule has 0 fully saturated rings. The molecule has 18 heavy (non-hydrogen) atoms. The smallest absolute Gasteiger partial charge is 0.0781 e. The van der Waals surface area contributed by atoms with Gasteiger partial charge in [-0.2, -0.15) is 0 Å². The Morgan fingerprint density at radius 2 is 1.78 bits per heavy atom. The Hall–Kier alpha value is -0.160. The van der Waals surface area contributed by atoms with E-state index in [0.717, 1.165) is 26.1 Å².